The predicted molar refractivity (Wildman–Crippen MR) is 128 cm³/mol. The van der Waals surface area contributed by atoms with Crippen LogP contribution in [0.25, 0.3) is 0 Å². The molecule has 0 fully saturated rings. The van der Waals surface area contributed by atoms with E-state index in [1.54, 1.807) is 6.07 Å². The Kier molecular flexibility index (Phi) is 8.12. The van der Waals surface area contributed by atoms with E-state index in [1.807, 2.05) is 0 Å². The van der Waals surface area contributed by atoms with Crippen LogP contribution in [0.1, 0.15) is 29.8 Å². The number of carboxylic acid groups (broad SMARTS) is 2. The average molecular weight is 521 g/mol. The first-order valence-corrected chi connectivity index (χ1v) is 11.5. The van der Waals surface area contributed by atoms with Crippen LogP contribution in [0.4, 0.5) is 0 Å². The van der Waals surface area contributed by atoms with E-state index in [-0.39, 0.29) is 29.1 Å². The maximum absolute atomic E-state index is 13.1. The monoisotopic (exact) mass is 521 g/mol. The van der Waals surface area contributed by atoms with Gasteiger partial charge in [-0.2, -0.15) is 0 Å². The van der Waals surface area contributed by atoms with Gasteiger partial charge in [0.05, 0.1) is 17.2 Å². The zero-order valence-electron chi connectivity index (χ0n) is 19.2. The maximum atomic E-state index is 13.1. The molecule has 8 N–H and O–H groups in total. The Balaban J connectivity index is 1.79. The number of aliphatic carboxylic acids is 1. The normalized spacial score (nSPS) is 19.3. The van der Waals surface area contributed by atoms with Crippen LogP contribution in [0.15, 0.2) is 34.5 Å². The summed E-state index contributed by atoms with van der Waals surface area (Å²) in [5.41, 5.74) is 3.81. The molecule has 2 heterocycles. The third kappa shape index (κ3) is 6.27. The number of benzene rings is 1. The predicted octanol–water partition coefficient (Wildman–Crippen LogP) is -1.40. The molecule has 0 radical (unpaired) electrons. The van der Waals surface area contributed by atoms with Gasteiger partial charge in [-0.15, -0.1) is 0 Å². The Hall–Kier alpha value is -3.76. The second-order valence-corrected chi connectivity index (χ2v) is 9.26. The van der Waals surface area contributed by atoms with Crippen molar-refractivity contribution >= 4 is 48.3 Å². The van der Waals surface area contributed by atoms with Crippen LogP contribution in [0.5, 0.6) is 5.75 Å². The molecule has 16 heteroatoms. The number of hydrogen-bond donors (Lipinski definition) is 7. The summed E-state index contributed by atoms with van der Waals surface area (Å²) in [7, 11) is -1.57. The Bertz CT molecular complexity index is 1140. The van der Waals surface area contributed by atoms with Crippen LogP contribution in [0, 0.1) is 0 Å². The SMILES string of the molecule is CC(C)(O/N=C(\C(=O)NC1Cc2cccc(C(=O)O)c2OB1O)C1=CSC(N)N1)C(=O)NCC(=O)O. The highest BCUT2D eigenvalue weighted by Crippen LogP contribution is 2.30. The topological polar surface area (TPSA) is 222 Å². The maximum Gasteiger partial charge on any atom is 0.547 e. The summed E-state index contributed by atoms with van der Waals surface area (Å²) in [6, 6.07) is 4.47. The van der Waals surface area contributed by atoms with Gasteiger partial charge in [0, 0.05) is 5.41 Å². The summed E-state index contributed by atoms with van der Waals surface area (Å²) in [5, 5.41) is 41.4. The van der Waals surface area contributed by atoms with E-state index in [4.69, 9.17) is 20.3 Å². The van der Waals surface area contributed by atoms with Crippen molar-refractivity contribution in [1.82, 2.24) is 16.0 Å². The van der Waals surface area contributed by atoms with Crippen molar-refractivity contribution in [2.45, 2.75) is 37.3 Å². The number of carbonyl (C=O) groups is 4. The molecule has 0 bridgehead atoms. The minimum atomic E-state index is -1.64. The fourth-order valence-corrected chi connectivity index (χ4v) is 3.88. The molecule has 2 aliphatic heterocycles. The van der Waals surface area contributed by atoms with E-state index in [1.165, 1.54) is 31.4 Å². The fourth-order valence-electron chi connectivity index (χ4n) is 3.22. The number of nitrogens with one attached hydrogen (secondary N) is 3. The summed E-state index contributed by atoms with van der Waals surface area (Å²) >= 11 is 1.16. The average Bonchev–Trinajstić information content (AvgIpc) is 3.23. The lowest BCUT2D eigenvalue weighted by Crippen LogP contribution is -2.55. The number of thioether (sulfide) groups is 1. The van der Waals surface area contributed by atoms with Crippen molar-refractivity contribution in [3.63, 3.8) is 0 Å². The highest BCUT2D eigenvalue weighted by molar-refractivity contribution is 8.02. The van der Waals surface area contributed by atoms with E-state index >= 15 is 0 Å². The first-order valence-electron chi connectivity index (χ1n) is 10.5. The standard InChI is InChI=1S/C20H24BN5O9S/c1-20(2,18(32)23-7-13(27)28)35-26-14(11-8-36-19(22)24-11)16(29)25-12-6-9-4-3-5-10(17(30)31)15(9)34-21(12)33/h3-5,8,12,19,24,33H,6-7,22H2,1-2H3,(H,23,32)(H,25,29)(H,27,28)(H,30,31)/b26-14-. The number of fused-ring (bicyclic) bond motifs is 1. The molecule has 1 aromatic carbocycles. The lowest BCUT2D eigenvalue weighted by atomic mass is 9.72. The number of oxime groups is 1. The Morgan fingerprint density at radius 2 is 2.06 bits per heavy atom. The molecule has 0 aliphatic carbocycles. The number of nitrogens with zero attached hydrogens (tertiary/aromatic N) is 1. The van der Waals surface area contributed by atoms with Crippen molar-refractivity contribution in [3.05, 3.63) is 40.4 Å². The number of nitrogens with two attached hydrogens (primary N) is 1. The Morgan fingerprint density at radius 3 is 2.67 bits per heavy atom. The van der Waals surface area contributed by atoms with Gasteiger partial charge in [0.15, 0.2) is 5.71 Å². The van der Waals surface area contributed by atoms with E-state index in [2.05, 4.69) is 21.1 Å². The van der Waals surface area contributed by atoms with Crippen molar-refractivity contribution in [2.24, 2.45) is 10.9 Å². The number of hydrogen-bond acceptors (Lipinski definition) is 11. The molecule has 2 unspecified atom stereocenters. The molecule has 1 aromatic rings. The van der Waals surface area contributed by atoms with Gasteiger partial charge in [-0.05, 0) is 31.9 Å². The molecule has 2 amide bonds. The molecule has 192 valence electrons. The zero-order valence-corrected chi connectivity index (χ0v) is 20.0. The third-order valence-electron chi connectivity index (χ3n) is 5.08. The third-order valence-corrected chi connectivity index (χ3v) is 5.86. The molecular weight excluding hydrogens is 497 g/mol. The molecule has 0 saturated carbocycles. The van der Waals surface area contributed by atoms with E-state index in [0.29, 0.717) is 5.56 Å². The van der Waals surface area contributed by atoms with E-state index in [9.17, 15) is 29.3 Å². The first kappa shape index (κ1) is 26.8. The largest absolute Gasteiger partial charge is 0.547 e. The smallest absolute Gasteiger partial charge is 0.534 e. The van der Waals surface area contributed by atoms with Crippen LogP contribution in [0.2, 0.25) is 0 Å². The van der Waals surface area contributed by atoms with Crippen LogP contribution < -0.4 is 26.3 Å². The summed E-state index contributed by atoms with van der Waals surface area (Å²) < 4.78 is 5.39. The summed E-state index contributed by atoms with van der Waals surface area (Å²) in [6.45, 7) is 2.03. The minimum Gasteiger partial charge on any atom is -0.534 e. The second kappa shape index (κ2) is 10.9. The van der Waals surface area contributed by atoms with Gasteiger partial charge in [-0.1, -0.05) is 29.1 Å². The molecule has 0 aromatic heterocycles. The molecule has 36 heavy (non-hydrogen) atoms. The minimum absolute atomic E-state index is 0.0110. The van der Waals surface area contributed by atoms with Gasteiger partial charge in [-0.3, -0.25) is 14.4 Å². The molecule has 0 spiro atoms. The summed E-state index contributed by atoms with van der Waals surface area (Å²) in [4.78, 5) is 52.9. The number of carboxylic acids is 2. The number of aromatic carboxylic acids is 1. The molecule has 2 atom stereocenters. The lowest BCUT2D eigenvalue weighted by molar-refractivity contribution is -0.146. The Labute approximate surface area is 209 Å². The van der Waals surface area contributed by atoms with Crippen molar-refractivity contribution in [1.29, 1.82) is 0 Å². The summed E-state index contributed by atoms with van der Waals surface area (Å²) in [5.74, 6) is -5.03. The van der Waals surface area contributed by atoms with Gasteiger partial charge in [-0.25, -0.2) is 4.79 Å². The quantitative estimate of drug-likeness (QED) is 0.113. The van der Waals surface area contributed by atoms with Gasteiger partial charge in [0.2, 0.25) is 5.60 Å². The van der Waals surface area contributed by atoms with Crippen molar-refractivity contribution in [3.8, 4) is 5.75 Å². The second-order valence-electron chi connectivity index (χ2n) is 8.24. The zero-order chi connectivity index (χ0) is 26.6. The molecule has 2 aliphatic rings. The lowest BCUT2D eigenvalue weighted by Gasteiger charge is -2.29. The van der Waals surface area contributed by atoms with Crippen LogP contribution in [-0.2, 0) is 25.6 Å². The van der Waals surface area contributed by atoms with E-state index in [0.717, 1.165) is 11.8 Å². The van der Waals surface area contributed by atoms with Crippen molar-refractivity contribution < 1.29 is 43.9 Å². The molecule has 3 rings (SSSR count). The highest BCUT2D eigenvalue weighted by atomic mass is 32.2. The van der Waals surface area contributed by atoms with Gasteiger partial charge in [0.25, 0.3) is 11.8 Å². The van der Waals surface area contributed by atoms with E-state index < -0.39 is 54.5 Å². The number of carbonyl (C=O) groups excluding carboxylic acids is 2. The summed E-state index contributed by atoms with van der Waals surface area (Å²) in [6.07, 6.45) is 0.0569. The molecule has 0 saturated heterocycles. The van der Waals surface area contributed by atoms with Crippen LogP contribution in [0.3, 0.4) is 0 Å². The Morgan fingerprint density at radius 1 is 1.33 bits per heavy atom. The van der Waals surface area contributed by atoms with Gasteiger partial charge < -0.3 is 46.4 Å². The molecule has 14 nitrogen and oxygen atoms in total. The van der Waals surface area contributed by atoms with Gasteiger partial charge in [0.1, 0.15) is 17.8 Å². The van der Waals surface area contributed by atoms with Crippen LogP contribution in [-0.4, -0.2) is 75.4 Å². The number of rotatable bonds is 9. The van der Waals surface area contributed by atoms with Crippen LogP contribution >= 0.6 is 11.8 Å². The number of amides is 2. The number of para-hydroxylation sites is 1. The fraction of sp³-hybridized carbons (Fsp3) is 0.350. The van der Waals surface area contributed by atoms with Gasteiger partial charge >= 0.3 is 19.1 Å². The highest BCUT2D eigenvalue weighted by Gasteiger charge is 2.39. The molecular formula is C20H24BN5O9S. The van der Waals surface area contributed by atoms with Crippen molar-refractivity contribution in [2.75, 3.05) is 6.54 Å². The first-order chi connectivity index (χ1) is 16.9.